The Morgan fingerprint density at radius 3 is 2.27 bits per heavy atom. The number of aryl methyl sites for hydroxylation is 1. The number of ether oxygens (including phenoxy) is 2. The summed E-state index contributed by atoms with van der Waals surface area (Å²) in [6, 6.07) is 21.9. The smallest absolute Gasteiger partial charge is 0.282 e. The molecule has 4 rings (SSSR count). The number of hydrogen-bond acceptors (Lipinski definition) is 5. The van der Waals surface area contributed by atoms with E-state index in [1.54, 1.807) is 37.4 Å². The molecule has 0 spiro atoms. The molecule has 168 valence electrons. The summed E-state index contributed by atoms with van der Waals surface area (Å²) in [7, 11) is 1.56. The van der Waals surface area contributed by atoms with Gasteiger partial charge in [0.05, 0.1) is 30.7 Å². The lowest BCUT2D eigenvalue weighted by Crippen LogP contribution is -2.33. The third-order valence-electron chi connectivity index (χ3n) is 5.42. The Morgan fingerprint density at radius 2 is 1.58 bits per heavy atom. The van der Waals surface area contributed by atoms with Gasteiger partial charge < -0.3 is 14.8 Å². The van der Waals surface area contributed by atoms with Crippen LogP contribution in [0.15, 0.2) is 78.5 Å². The van der Waals surface area contributed by atoms with E-state index in [4.69, 9.17) is 9.47 Å². The van der Waals surface area contributed by atoms with Crippen LogP contribution in [0.25, 0.3) is 5.57 Å². The molecule has 2 amide bonds. The van der Waals surface area contributed by atoms with Crippen LogP contribution in [-0.4, -0.2) is 25.5 Å². The van der Waals surface area contributed by atoms with Crippen molar-refractivity contribution in [3.63, 3.8) is 0 Å². The van der Waals surface area contributed by atoms with E-state index >= 15 is 0 Å². The van der Waals surface area contributed by atoms with Gasteiger partial charge in [0, 0.05) is 0 Å². The first kappa shape index (κ1) is 22.1. The number of carbonyl (C=O) groups excluding carboxylic acids is 2. The minimum absolute atomic E-state index is 0.204. The number of amides is 2. The van der Waals surface area contributed by atoms with E-state index < -0.39 is 5.91 Å². The van der Waals surface area contributed by atoms with Crippen LogP contribution >= 0.6 is 0 Å². The van der Waals surface area contributed by atoms with Crippen molar-refractivity contribution in [3.05, 3.63) is 89.6 Å². The molecule has 3 aromatic rings. The van der Waals surface area contributed by atoms with Crippen molar-refractivity contribution in [1.29, 1.82) is 0 Å². The molecule has 6 nitrogen and oxygen atoms in total. The lowest BCUT2D eigenvalue weighted by Gasteiger charge is -2.18. The molecule has 0 bridgehead atoms. The molecule has 33 heavy (non-hydrogen) atoms. The zero-order valence-electron chi connectivity index (χ0n) is 18.9. The number of anilines is 2. The van der Waals surface area contributed by atoms with Crippen LogP contribution in [-0.2, 0) is 9.59 Å². The molecular formula is C27H26N2O4. The molecule has 1 aliphatic rings. The second-order valence-corrected chi connectivity index (χ2v) is 7.68. The van der Waals surface area contributed by atoms with E-state index in [2.05, 4.69) is 5.32 Å². The summed E-state index contributed by atoms with van der Waals surface area (Å²) >= 11 is 0. The second-order valence-electron chi connectivity index (χ2n) is 7.68. The van der Waals surface area contributed by atoms with Crippen molar-refractivity contribution >= 4 is 28.8 Å². The number of rotatable bonds is 8. The highest BCUT2D eigenvalue weighted by Gasteiger charge is 2.41. The maximum absolute atomic E-state index is 13.6. The number of benzene rings is 3. The lowest BCUT2D eigenvalue weighted by atomic mass is 10.0. The lowest BCUT2D eigenvalue weighted by molar-refractivity contribution is -0.120. The largest absolute Gasteiger partial charge is 0.495 e. The number of para-hydroxylation sites is 3. The molecule has 0 aromatic heterocycles. The maximum atomic E-state index is 13.6. The van der Waals surface area contributed by atoms with Crippen LogP contribution in [0.1, 0.15) is 24.5 Å². The van der Waals surface area contributed by atoms with Crippen molar-refractivity contribution in [2.45, 2.75) is 20.3 Å². The molecule has 6 heteroatoms. The topological polar surface area (TPSA) is 67.9 Å². The highest BCUT2D eigenvalue weighted by molar-refractivity contribution is 6.46. The fraction of sp³-hybridized carbons (Fsp3) is 0.185. The molecule has 0 saturated carbocycles. The summed E-state index contributed by atoms with van der Waals surface area (Å²) in [6.07, 6.45) is 0.901. The molecule has 0 radical (unpaired) electrons. The molecule has 0 atom stereocenters. The minimum Gasteiger partial charge on any atom is -0.495 e. The van der Waals surface area contributed by atoms with Crippen LogP contribution in [0.2, 0.25) is 0 Å². The average Bonchev–Trinajstić information content (AvgIpc) is 3.08. The summed E-state index contributed by atoms with van der Waals surface area (Å²) in [5.41, 5.74) is 3.13. The first-order chi connectivity index (χ1) is 16.0. The van der Waals surface area contributed by atoms with Gasteiger partial charge in [-0.1, -0.05) is 49.4 Å². The minimum atomic E-state index is -0.415. The molecule has 0 fully saturated rings. The molecular weight excluding hydrogens is 416 g/mol. The van der Waals surface area contributed by atoms with E-state index in [0.717, 1.165) is 12.0 Å². The van der Waals surface area contributed by atoms with Crippen LogP contribution in [0.3, 0.4) is 0 Å². The average molecular weight is 443 g/mol. The van der Waals surface area contributed by atoms with Gasteiger partial charge in [-0.2, -0.15) is 0 Å². The van der Waals surface area contributed by atoms with E-state index in [0.29, 0.717) is 40.6 Å². The molecule has 3 aromatic carbocycles. The highest BCUT2D eigenvalue weighted by Crippen LogP contribution is 2.36. The van der Waals surface area contributed by atoms with E-state index in [-0.39, 0.29) is 11.6 Å². The Balaban J connectivity index is 1.80. The fourth-order valence-corrected chi connectivity index (χ4v) is 3.77. The van der Waals surface area contributed by atoms with Gasteiger partial charge in [0.2, 0.25) is 0 Å². The predicted molar refractivity (Wildman–Crippen MR) is 129 cm³/mol. The number of nitrogens with one attached hydrogen (secondary N) is 1. The van der Waals surface area contributed by atoms with Crippen molar-refractivity contribution < 1.29 is 19.1 Å². The monoisotopic (exact) mass is 442 g/mol. The van der Waals surface area contributed by atoms with Gasteiger partial charge in [0.1, 0.15) is 17.2 Å². The fourth-order valence-electron chi connectivity index (χ4n) is 3.77. The number of imide groups is 1. The molecule has 0 unspecified atom stereocenters. The van der Waals surface area contributed by atoms with Crippen molar-refractivity contribution in [1.82, 2.24) is 0 Å². The summed E-state index contributed by atoms with van der Waals surface area (Å²) in [5, 5.41) is 3.17. The van der Waals surface area contributed by atoms with Gasteiger partial charge >= 0.3 is 0 Å². The van der Waals surface area contributed by atoms with Gasteiger partial charge in [0.25, 0.3) is 11.8 Å². The normalized spacial score (nSPS) is 13.5. The molecule has 1 heterocycles. The molecule has 1 N–H and O–H groups in total. The molecule has 0 saturated heterocycles. The zero-order chi connectivity index (χ0) is 23.4. The van der Waals surface area contributed by atoms with Crippen LogP contribution in [0.5, 0.6) is 11.5 Å². The van der Waals surface area contributed by atoms with Crippen LogP contribution in [0.4, 0.5) is 11.4 Å². The highest BCUT2D eigenvalue weighted by atomic mass is 16.5. The van der Waals surface area contributed by atoms with Crippen molar-refractivity contribution in [2.24, 2.45) is 0 Å². The number of methoxy groups -OCH3 is 1. The van der Waals surface area contributed by atoms with Gasteiger partial charge in [-0.25, -0.2) is 4.90 Å². The maximum Gasteiger partial charge on any atom is 0.282 e. The Morgan fingerprint density at radius 1 is 0.879 bits per heavy atom. The second kappa shape index (κ2) is 9.61. The SMILES string of the molecule is CCCOc1ccc(C2=C(Nc3ccccc3OC)C(=O)N(c3ccccc3C)C2=O)cc1. The van der Waals surface area contributed by atoms with Gasteiger partial charge in [0.15, 0.2) is 0 Å². The van der Waals surface area contributed by atoms with E-state index in [1.807, 2.05) is 56.3 Å². The summed E-state index contributed by atoms with van der Waals surface area (Å²) in [6.45, 7) is 4.53. The first-order valence-electron chi connectivity index (χ1n) is 10.9. The summed E-state index contributed by atoms with van der Waals surface area (Å²) in [4.78, 5) is 28.4. The van der Waals surface area contributed by atoms with Crippen LogP contribution < -0.4 is 19.7 Å². The van der Waals surface area contributed by atoms with Gasteiger partial charge in [-0.3, -0.25) is 9.59 Å². The number of carbonyl (C=O) groups is 2. The third-order valence-corrected chi connectivity index (χ3v) is 5.42. The predicted octanol–water partition coefficient (Wildman–Crippen LogP) is 5.19. The Hall–Kier alpha value is -4.06. The summed E-state index contributed by atoms with van der Waals surface area (Å²) < 4.78 is 11.1. The van der Waals surface area contributed by atoms with E-state index in [1.165, 1.54) is 4.90 Å². The Bertz CT molecular complexity index is 1210. The van der Waals surface area contributed by atoms with Crippen molar-refractivity contribution in [2.75, 3.05) is 23.9 Å². The van der Waals surface area contributed by atoms with Gasteiger partial charge in [-0.05, 0) is 54.8 Å². The third kappa shape index (κ3) is 4.32. The summed E-state index contributed by atoms with van der Waals surface area (Å²) in [5.74, 6) is 0.491. The van der Waals surface area contributed by atoms with Crippen molar-refractivity contribution in [3.8, 4) is 11.5 Å². The quantitative estimate of drug-likeness (QED) is 0.487. The first-order valence-corrected chi connectivity index (χ1v) is 10.9. The number of nitrogens with zero attached hydrogens (tertiary/aromatic N) is 1. The standard InChI is InChI=1S/C27H26N2O4/c1-4-17-33-20-15-13-19(14-16-20)24-25(28-21-10-6-8-12-23(21)32-3)27(31)29(26(24)30)22-11-7-5-9-18(22)2/h5-16,28H,4,17H2,1-3H3. The van der Waals surface area contributed by atoms with E-state index in [9.17, 15) is 9.59 Å². The van der Waals surface area contributed by atoms with Gasteiger partial charge in [-0.15, -0.1) is 0 Å². The Labute approximate surface area is 193 Å². The number of hydrogen-bond donors (Lipinski definition) is 1. The zero-order valence-corrected chi connectivity index (χ0v) is 18.9. The van der Waals surface area contributed by atoms with Crippen LogP contribution in [0, 0.1) is 6.92 Å². The molecule has 0 aliphatic carbocycles. The molecule has 1 aliphatic heterocycles. The Kier molecular flexibility index (Phi) is 6.45.